The Morgan fingerprint density at radius 2 is 2.12 bits per heavy atom. The Labute approximate surface area is 138 Å². The molecule has 118 valence electrons. The van der Waals surface area contributed by atoms with Gasteiger partial charge in [0.25, 0.3) is 5.56 Å². The molecule has 0 amide bonds. The van der Waals surface area contributed by atoms with E-state index in [4.69, 9.17) is 5.11 Å². The van der Waals surface area contributed by atoms with E-state index in [0.717, 1.165) is 10.4 Å². The third kappa shape index (κ3) is 2.29. The molecule has 2 N–H and O–H groups in total. The van der Waals surface area contributed by atoms with E-state index in [1.165, 1.54) is 17.1 Å². The number of thiophene rings is 1. The molecule has 0 aliphatic carbocycles. The summed E-state index contributed by atoms with van der Waals surface area (Å²) in [4.78, 5) is 31.5. The van der Waals surface area contributed by atoms with Gasteiger partial charge in [-0.15, -0.1) is 11.3 Å². The van der Waals surface area contributed by atoms with Crippen LogP contribution in [0.15, 0.2) is 52.9 Å². The number of carboxylic acid groups (broad SMARTS) is 1. The molecule has 7 nitrogen and oxygen atoms in total. The summed E-state index contributed by atoms with van der Waals surface area (Å²) < 4.78 is 1.25. The summed E-state index contributed by atoms with van der Waals surface area (Å²) in [7, 11) is 0. The average Bonchev–Trinajstić information content (AvgIpc) is 3.26. The second kappa shape index (κ2) is 5.43. The van der Waals surface area contributed by atoms with Gasteiger partial charge in [0.1, 0.15) is 0 Å². The smallest absolute Gasteiger partial charge is 0.338 e. The Morgan fingerprint density at radius 1 is 1.25 bits per heavy atom. The third-order valence-electron chi connectivity index (χ3n) is 3.56. The SMILES string of the molecule is O=C(O)c1cnn(-c2nc3c(-c4cccs4)cccc3c(=O)[nH]2)c1. The van der Waals surface area contributed by atoms with E-state index in [0.29, 0.717) is 10.9 Å². The number of carboxylic acids is 1. The number of aromatic nitrogens is 4. The Bertz CT molecular complexity index is 1110. The number of rotatable bonds is 3. The molecule has 1 aromatic carbocycles. The van der Waals surface area contributed by atoms with Crippen LogP contribution in [0.5, 0.6) is 0 Å². The van der Waals surface area contributed by atoms with Gasteiger partial charge in [0.2, 0.25) is 5.95 Å². The molecule has 0 aliphatic rings. The lowest BCUT2D eigenvalue weighted by molar-refractivity contribution is 0.0697. The Kier molecular flexibility index (Phi) is 3.24. The van der Waals surface area contributed by atoms with Gasteiger partial charge in [-0.1, -0.05) is 18.2 Å². The first-order valence-corrected chi connectivity index (χ1v) is 7.87. The Hall–Kier alpha value is -3.26. The maximum Gasteiger partial charge on any atom is 0.338 e. The van der Waals surface area contributed by atoms with Gasteiger partial charge < -0.3 is 5.11 Å². The quantitative estimate of drug-likeness (QED) is 0.598. The van der Waals surface area contributed by atoms with Gasteiger partial charge in [-0.05, 0) is 17.5 Å². The molecule has 8 heteroatoms. The first-order chi connectivity index (χ1) is 11.6. The molecule has 3 heterocycles. The van der Waals surface area contributed by atoms with E-state index in [9.17, 15) is 9.59 Å². The van der Waals surface area contributed by atoms with Gasteiger partial charge >= 0.3 is 5.97 Å². The maximum atomic E-state index is 12.4. The number of hydrogen-bond acceptors (Lipinski definition) is 5. The summed E-state index contributed by atoms with van der Waals surface area (Å²) >= 11 is 1.55. The number of nitrogens with zero attached hydrogens (tertiary/aromatic N) is 3. The van der Waals surface area contributed by atoms with Crippen molar-refractivity contribution in [1.82, 2.24) is 19.7 Å². The van der Waals surface area contributed by atoms with Crippen LogP contribution in [0.2, 0.25) is 0 Å². The Balaban J connectivity index is 1.97. The molecule has 0 bridgehead atoms. The second-order valence-corrected chi connectivity index (χ2v) is 6.00. The number of fused-ring (bicyclic) bond motifs is 1. The largest absolute Gasteiger partial charge is 0.478 e. The van der Waals surface area contributed by atoms with Crippen molar-refractivity contribution in [1.29, 1.82) is 0 Å². The van der Waals surface area contributed by atoms with Crippen molar-refractivity contribution in [3.05, 3.63) is 64.0 Å². The van der Waals surface area contributed by atoms with Crippen molar-refractivity contribution < 1.29 is 9.90 Å². The normalized spacial score (nSPS) is 11.0. The van der Waals surface area contributed by atoms with Crippen LogP contribution in [0.3, 0.4) is 0 Å². The Morgan fingerprint density at radius 3 is 2.83 bits per heavy atom. The number of hydrogen-bond donors (Lipinski definition) is 2. The van der Waals surface area contributed by atoms with Crippen LogP contribution >= 0.6 is 11.3 Å². The van der Waals surface area contributed by atoms with Crippen molar-refractivity contribution in [2.75, 3.05) is 0 Å². The minimum absolute atomic E-state index is 0.0179. The van der Waals surface area contributed by atoms with Gasteiger partial charge in [-0.2, -0.15) is 5.10 Å². The predicted molar refractivity (Wildman–Crippen MR) is 89.8 cm³/mol. The molecular formula is C16H10N4O3S. The minimum Gasteiger partial charge on any atom is -0.478 e. The van der Waals surface area contributed by atoms with Crippen LogP contribution in [0.4, 0.5) is 0 Å². The van der Waals surface area contributed by atoms with Crippen LogP contribution in [-0.2, 0) is 0 Å². The summed E-state index contributed by atoms with van der Waals surface area (Å²) in [5.74, 6) is -0.923. The lowest BCUT2D eigenvalue weighted by Crippen LogP contribution is -2.14. The van der Waals surface area contributed by atoms with E-state index in [-0.39, 0.29) is 17.1 Å². The summed E-state index contributed by atoms with van der Waals surface area (Å²) in [6.07, 6.45) is 2.51. The van der Waals surface area contributed by atoms with Crippen LogP contribution in [-0.4, -0.2) is 30.8 Å². The first kappa shape index (κ1) is 14.3. The van der Waals surface area contributed by atoms with Crippen molar-refractivity contribution >= 4 is 28.2 Å². The zero-order chi connectivity index (χ0) is 16.7. The lowest BCUT2D eigenvalue weighted by atomic mass is 10.1. The molecule has 0 atom stereocenters. The fourth-order valence-electron chi connectivity index (χ4n) is 2.44. The molecule has 0 aliphatic heterocycles. The number of aromatic carboxylic acids is 1. The predicted octanol–water partition coefficient (Wildman–Crippen LogP) is 2.54. The maximum absolute atomic E-state index is 12.4. The highest BCUT2D eigenvalue weighted by atomic mass is 32.1. The number of H-pyrrole nitrogens is 1. The van der Waals surface area contributed by atoms with Crippen molar-refractivity contribution in [3.8, 4) is 16.4 Å². The topological polar surface area (TPSA) is 101 Å². The van der Waals surface area contributed by atoms with E-state index < -0.39 is 5.97 Å². The molecule has 0 saturated heterocycles. The molecular weight excluding hydrogens is 328 g/mol. The van der Waals surface area contributed by atoms with Gasteiger partial charge in [-0.3, -0.25) is 9.78 Å². The van der Waals surface area contributed by atoms with E-state index in [1.807, 2.05) is 29.6 Å². The van der Waals surface area contributed by atoms with Crippen molar-refractivity contribution in [2.45, 2.75) is 0 Å². The summed E-state index contributed by atoms with van der Waals surface area (Å²) in [5, 5.41) is 15.4. The summed E-state index contributed by atoms with van der Waals surface area (Å²) in [6.45, 7) is 0. The molecule has 4 rings (SSSR count). The van der Waals surface area contributed by atoms with Gasteiger partial charge in [0, 0.05) is 16.6 Å². The van der Waals surface area contributed by atoms with E-state index in [2.05, 4.69) is 15.1 Å². The minimum atomic E-state index is -1.09. The lowest BCUT2D eigenvalue weighted by Gasteiger charge is -2.06. The fourth-order valence-corrected chi connectivity index (χ4v) is 3.19. The first-order valence-electron chi connectivity index (χ1n) is 6.99. The van der Waals surface area contributed by atoms with Crippen LogP contribution in [0.1, 0.15) is 10.4 Å². The number of para-hydroxylation sites is 1. The molecule has 0 spiro atoms. The average molecular weight is 338 g/mol. The van der Waals surface area contributed by atoms with Gasteiger partial charge in [-0.25, -0.2) is 14.5 Å². The standard InChI is InChI=1S/C16H10N4O3S/c21-14-11-4-1-3-10(12-5-2-6-24-12)13(11)18-16(19-14)20-8-9(7-17-20)15(22)23/h1-8H,(H,22,23)(H,18,19,21). The number of carbonyl (C=O) groups is 1. The molecule has 0 unspecified atom stereocenters. The molecule has 0 radical (unpaired) electrons. The zero-order valence-corrected chi connectivity index (χ0v) is 12.9. The monoisotopic (exact) mass is 338 g/mol. The zero-order valence-electron chi connectivity index (χ0n) is 12.1. The molecule has 4 aromatic rings. The van der Waals surface area contributed by atoms with Crippen molar-refractivity contribution in [3.63, 3.8) is 0 Å². The molecule has 0 fully saturated rings. The highest BCUT2D eigenvalue weighted by Gasteiger charge is 2.13. The van der Waals surface area contributed by atoms with Crippen LogP contribution < -0.4 is 5.56 Å². The number of benzene rings is 1. The second-order valence-electron chi connectivity index (χ2n) is 5.05. The number of aromatic amines is 1. The van der Waals surface area contributed by atoms with Crippen molar-refractivity contribution in [2.24, 2.45) is 0 Å². The molecule has 3 aromatic heterocycles. The van der Waals surface area contributed by atoms with E-state index in [1.54, 1.807) is 17.4 Å². The van der Waals surface area contributed by atoms with Gasteiger partial charge in [0.05, 0.1) is 22.7 Å². The summed E-state index contributed by atoms with van der Waals surface area (Å²) in [5.41, 5.74) is 1.11. The van der Waals surface area contributed by atoms with E-state index >= 15 is 0 Å². The number of nitrogens with one attached hydrogen (secondary N) is 1. The van der Waals surface area contributed by atoms with Gasteiger partial charge in [0.15, 0.2) is 0 Å². The molecule has 24 heavy (non-hydrogen) atoms. The highest BCUT2D eigenvalue weighted by Crippen LogP contribution is 2.29. The highest BCUT2D eigenvalue weighted by molar-refractivity contribution is 7.13. The van der Waals surface area contributed by atoms with Crippen LogP contribution in [0.25, 0.3) is 27.3 Å². The molecule has 0 saturated carbocycles. The fraction of sp³-hybridized carbons (Fsp3) is 0. The third-order valence-corrected chi connectivity index (χ3v) is 4.46. The van der Waals surface area contributed by atoms with Crippen LogP contribution in [0, 0.1) is 0 Å². The summed E-state index contributed by atoms with van der Waals surface area (Å²) in [6, 6.07) is 9.30.